The van der Waals surface area contributed by atoms with Gasteiger partial charge in [-0.2, -0.15) is 18.4 Å². The van der Waals surface area contributed by atoms with E-state index in [1.54, 1.807) is 36.9 Å². The van der Waals surface area contributed by atoms with E-state index in [0.717, 1.165) is 117 Å². The van der Waals surface area contributed by atoms with Crippen molar-refractivity contribution in [3.63, 3.8) is 0 Å². The molecular formula is C83H49F3N8. The number of pyridine rings is 4. The highest BCUT2D eigenvalue weighted by molar-refractivity contribution is 6.14. The zero-order valence-corrected chi connectivity index (χ0v) is 50.0. The molecule has 16 aromatic rings. The first-order chi connectivity index (χ1) is 46.2. The molecule has 0 spiro atoms. The molecule has 8 nitrogen and oxygen atoms in total. The fraction of sp³-hybridized carbons (Fsp3) is 0.0120. The van der Waals surface area contributed by atoms with Crippen LogP contribution < -0.4 is 0 Å². The Hall–Kier alpha value is -12.8. The zero-order valence-electron chi connectivity index (χ0n) is 50.0. The van der Waals surface area contributed by atoms with Crippen LogP contribution in [0.1, 0.15) is 11.1 Å². The van der Waals surface area contributed by atoms with Gasteiger partial charge in [0.05, 0.1) is 68.4 Å². The average Bonchev–Trinajstić information content (AvgIpc) is 1.55. The number of aromatic nitrogens is 6. The predicted molar refractivity (Wildman–Crippen MR) is 371 cm³/mol. The minimum Gasteiger partial charge on any atom is -0.308 e. The SMILES string of the molecule is [C-]#[N+]c1cccc(C(F)(F)F)c1-c1cc(-n2c3cc(-c4cccnc4-c4ccccc4)ccc3c3ccc(-c4cccnc4-c4ccccc4)cc32)c(C#N)c(-n2c3cc(-c4cccnc4-c4ccccc4)ccc3c3ccc(-c4cccnc4-c4ccccc4)cc32)c1. The van der Waals surface area contributed by atoms with Crippen LogP contribution >= 0.6 is 0 Å². The highest BCUT2D eigenvalue weighted by Crippen LogP contribution is 2.49. The van der Waals surface area contributed by atoms with E-state index in [9.17, 15) is 5.26 Å². The lowest BCUT2D eigenvalue weighted by Crippen LogP contribution is -2.09. The normalized spacial score (nSPS) is 11.5. The topological polar surface area (TPSA) is 89.6 Å². The van der Waals surface area contributed by atoms with Gasteiger partial charge in [0.2, 0.25) is 0 Å². The summed E-state index contributed by atoms with van der Waals surface area (Å²) < 4.78 is 52.1. The van der Waals surface area contributed by atoms with Crippen molar-refractivity contribution in [3.05, 3.63) is 320 Å². The molecule has 0 saturated heterocycles. The van der Waals surface area contributed by atoms with Crippen molar-refractivity contribution in [2.75, 3.05) is 0 Å². The van der Waals surface area contributed by atoms with Crippen molar-refractivity contribution in [2.24, 2.45) is 0 Å². The second kappa shape index (κ2) is 23.2. The van der Waals surface area contributed by atoms with Gasteiger partial charge in [0.15, 0.2) is 5.69 Å². The maximum atomic E-state index is 16.0. The van der Waals surface area contributed by atoms with Crippen molar-refractivity contribution in [1.29, 1.82) is 5.26 Å². The number of halogens is 3. The Morgan fingerprint density at radius 1 is 0.340 bits per heavy atom. The smallest absolute Gasteiger partial charge is 0.308 e. The second-order valence-electron chi connectivity index (χ2n) is 23.0. The molecule has 0 atom stereocenters. The molecule has 0 N–H and O–H groups in total. The predicted octanol–water partition coefficient (Wildman–Crippen LogP) is 21.9. The molecular weight excluding hydrogens is 1170 g/mol. The minimum atomic E-state index is -4.90. The first kappa shape index (κ1) is 56.4. The van der Waals surface area contributed by atoms with Crippen LogP contribution in [0.2, 0.25) is 0 Å². The summed E-state index contributed by atoms with van der Waals surface area (Å²) in [6, 6.07) is 90.1. The molecule has 6 heterocycles. The molecule has 6 aromatic heterocycles. The summed E-state index contributed by atoms with van der Waals surface area (Å²) in [5.74, 6) is 0. The molecule has 10 aromatic carbocycles. The van der Waals surface area contributed by atoms with Crippen LogP contribution in [0, 0.1) is 17.9 Å². The largest absolute Gasteiger partial charge is 0.415 e. The molecule has 442 valence electrons. The van der Waals surface area contributed by atoms with E-state index in [1.807, 2.05) is 179 Å². The summed E-state index contributed by atoms with van der Waals surface area (Å²) in [6.45, 7) is 8.54. The highest BCUT2D eigenvalue weighted by Gasteiger charge is 2.36. The molecule has 0 saturated carbocycles. The van der Waals surface area contributed by atoms with Gasteiger partial charge >= 0.3 is 6.18 Å². The molecule has 0 fully saturated rings. The summed E-state index contributed by atoms with van der Waals surface area (Å²) >= 11 is 0. The molecule has 0 unspecified atom stereocenters. The molecule has 0 aliphatic heterocycles. The van der Waals surface area contributed by atoms with E-state index in [1.165, 1.54) is 12.1 Å². The molecule has 11 heteroatoms. The molecule has 0 amide bonds. The number of hydrogen-bond donors (Lipinski definition) is 0. The van der Waals surface area contributed by atoms with Gasteiger partial charge in [-0.25, -0.2) is 4.85 Å². The Labute approximate surface area is 538 Å². The van der Waals surface area contributed by atoms with Crippen molar-refractivity contribution >= 4 is 49.3 Å². The van der Waals surface area contributed by atoms with E-state index < -0.39 is 11.7 Å². The van der Waals surface area contributed by atoms with E-state index in [-0.39, 0.29) is 33.8 Å². The van der Waals surface area contributed by atoms with Crippen LogP contribution in [0.5, 0.6) is 0 Å². The quantitative estimate of drug-likeness (QED) is 0.120. The van der Waals surface area contributed by atoms with Gasteiger partial charge in [-0.15, -0.1) is 0 Å². The van der Waals surface area contributed by atoms with E-state index in [4.69, 9.17) is 26.5 Å². The Morgan fingerprint density at radius 3 is 0.947 bits per heavy atom. The Balaban J connectivity index is 1.06. The number of alkyl halides is 3. The molecule has 0 radical (unpaired) electrons. The van der Waals surface area contributed by atoms with Crippen LogP contribution in [0.4, 0.5) is 18.9 Å². The standard InChI is InChI=1S/C83H49F3N8/c1-88-71-32-14-31-70(83(84,85)86)78(71)60-49-76(93-72-45-56(61-27-15-41-89-79(61)52-19-6-2-7-20-52)33-37-65(72)66-38-34-57(46-73(66)93)62-28-16-42-90-80(62)53-21-8-3-9-22-53)69(51-87)77(50-60)94-74-47-58(63-29-17-43-91-81(63)54-23-10-4-11-24-54)35-39-67(74)68-40-36-59(48-75(68)94)64-30-18-44-92-82(64)55-25-12-5-13-26-55/h2-50H. The second-order valence-corrected chi connectivity index (χ2v) is 23.0. The lowest BCUT2D eigenvalue weighted by atomic mass is 9.94. The first-order valence-corrected chi connectivity index (χ1v) is 30.6. The molecule has 94 heavy (non-hydrogen) atoms. The number of hydrogen-bond acceptors (Lipinski definition) is 5. The third-order valence-electron chi connectivity index (χ3n) is 17.6. The summed E-state index contributed by atoms with van der Waals surface area (Å²) in [5, 5.41) is 15.8. The van der Waals surface area contributed by atoms with E-state index >= 15 is 13.2 Å². The maximum Gasteiger partial charge on any atom is 0.415 e. The van der Waals surface area contributed by atoms with E-state index in [0.29, 0.717) is 22.1 Å². The number of rotatable bonds is 11. The van der Waals surface area contributed by atoms with Gasteiger partial charge < -0.3 is 9.13 Å². The molecule has 16 rings (SSSR count). The summed E-state index contributed by atoms with van der Waals surface area (Å²) in [5.41, 5.74) is 15.2. The third kappa shape index (κ3) is 9.71. The lowest BCUT2D eigenvalue weighted by molar-refractivity contribution is -0.137. The highest BCUT2D eigenvalue weighted by atomic mass is 19.4. The summed E-state index contributed by atoms with van der Waals surface area (Å²) in [7, 11) is 0. The Kier molecular flexibility index (Phi) is 13.9. The number of nitriles is 1. The van der Waals surface area contributed by atoms with Gasteiger partial charge in [0.25, 0.3) is 0 Å². The van der Waals surface area contributed by atoms with E-state index in [2.05, 4.69) is 83.7 Å². The minimum absolute atomic E-state index is 0.0713. The third-order valence-corrected chi connectivity index (χ3v) is 17.6. The van der Waals surface area contributed by atoms with Crippen LogP contribution in [0.3, 0.4) is 0 Å². The van der Waals surface area contributed by atoms with Crippen LogP contribution in [-0.4, -0.2) is 29.1 Å². The van der Waals surface area contributed by atoms with Crippen LogP contribution in [-0.2, 0) is 6.18 Å². The lowest BCUT2D eigenvalue weighted by Gasteiger charge is -2.21. The van der Waals surface area contributed by atoms with Gasteiger partial charge in [-0.3, -0.25) is 19.9 Å². The number of fused-ring (bicyclic) bond motifs is 6. The number of nitrogens with zero attached hydrogens (tertiary/aromatic N) is 8. The van der Waals surface area contributed by atoms with Gasteiger partial charge in [0.1, 0.15) is 11.6 Å². The summed E-state index contributed by atoms with van der Waals surface area (Å²) in [4.78, 5) is 23.5. The van der Waals surface area contributed by atoms with Crippen molar-refractivity contribution in [1.82, 2.24) is 29.1 Å². The molecule has 0 aliphatic carbocycles. The fourth-order valence-electron chi connectivity index (χ4n) is 13.5. The first-order valence-electron chi connectivity index (χ1n) is 30.6. The molecule has 0 aliphatic rings. The zero-order chi connectivity index (χ0) is 63.4. The van der Waals surface area contributed by atoms with Crippen LogP contribution in [0.25, 0.3) is 160 Å². The van der Waals surface area contributed by atoms with Crippen molar-refractivity contribution in [2.45, 2.75) is 6.18 Å². The van der Waals surface area contributed by atoms with Crippen LogP contribution in [0.15, 0.2) is 298 Å². The number of benzene rings is 10. The fourth-order valence-corrected chi connectivity index (χ4v) is 13.5. The van der Waals surface area contributed by atoms with Gasteiger partial charge in [-0.1, -0.05) is 212 Å². The Bertz CT molecular complexity index is 5160. The maximum absolute atomic E-state index is 16.0. The average molecular weight is 1220 g/mol. The Morgan fingerprint density at radius 2 is 0.660 bits per heavy atom. The molecule has 0 bridgehead atoms. The summed E-state index contributed by atoms with van der Waals surface area (Å²) in [6.07, 6.45) is 2.17. The van der Waals surface area contributed by atoms with Gasteiger partial charge in [0, 0.05) is 90.8 Å². The van der Waals surface area contributed by atoms with Crippen molar-refractivity contribution in [3.8, 4) is 118 Å². The monoisotopic (exact) mass is 1210 g/mol. The van der Waals surface area contributed by atoms with Crippen molar-refractivity contribution < 1.29 is 13.2 Å². The van der Waals surface area contributed by atoms with Gasteiger partial charge in [-0.05, 0) is 94.0 Å².